The van der Waals surface area contributed by atoms with E-state index in [1.54, 1.807) is 6.08 Å². The van der Waals surface area contributed by atoms with Crippen molar-refractivity contribution in [3.63, 3.8) is 0 Å². The van der Waals surface area contributed by atoms with Gasteiger partial charge in [-0.15, -0.1) is 0 Å². The van der Waals surface area contributed by atoms with Gasteiger partial charge in [0, 0.05) is 31.7 Å². The molecule has 7 atom stereocenters. The van der Waals surface area contributed by atoms with Crippen LogP contribution in [-0.4, -0.2) is 82.9 Å². The fraction of sp³-hybridized carbons (Fsp3) is 0.787. The molecule has 60 heavy (non-hydrogen) atoms. The maximum atomic E-state index is 12.7. The van der Waals surface area contributed by atoms with E-state index in [1.165, 1.54) is 57.8 Å². The van der Waals surface area contributed by atoms with Gasteiger partial charge in [-0.3, -0.25) is 18.6 Å². The van der Waals surface area contributed by atoms with Crippen molar-refractivity contribution >= 4 is 19.8 Å². The summed E-state index contributed by atoms with van der Waals surface area (Å²) in [6, 6.07) is 0. The molecule has 0 radical (unpaired) electrons. The van der Waals surface area contributed by atoms with Crippen LogP contribution >= 0.6 is 7.82 Å². The number of allylic oxidation sites excluding steroid dienone is 6. The van der Waals surface area contributed by atoms with Crippen LogP contribution in [0.5, 0.6) is 0 Å². The SMILES string of the molecule is CCCCC/C=C\C/C=C\CCCCCCCCCCCC(=O)O[C@H](COC(=O)CCC/C=C/C[C@@H]1[C@@H](/C=C/[C@@H](O)CCCCC)[C@H](O)C[C@@H]1O)COP(=O)(O)OCCN. The normalized spacial score (nSPS) is 20.4. The second-order valence-corrected chi connectivity index (χ2v) is 17.7. The van der Waals surface area contributed by atoms with Gasteiger partial charge < -0.3 is 35.4 Å². The number of hydrogen-bond donors (Lipinski definition) is 5. The number of aliphatic hydroxyl groups excluding tert-OH is 3. The molecule has 0 aliphatic heterocycles. The van der Waals surface area contributed by atoms with E-state index < -0.39 is 50.8 Å². The molecule has 13 heteroatoms. The molecule has 12 nitrogen and oxygen atoms in total. The molecule has 6 N–H and O–H groups in total. The smallest absolute Gasteiger partial charge is 0.462 e. The molecule has 0 heterocycles. The van der Waals surface area contributed by atoms with E-state index in [-0.39, 0.29) is 44.4 Å². The Morgan fingerprint density at radius 3 is 1.97 bits per heavy atom. The summed E-state index contributed by atoms with van der Waals surface area (Å²) in [5, 5.41) is 31.3. The molecule has 1 aliphatic rings. The summed E-state index contributed by atoms with van der Waals surface area (Å²) < 4.78 is 32.8. The van der Waals surface area contributed by atoms with Crippen molar-refractivity contribution in [3.8, 4) is 0 Å². The lowest BCUT2D eigenvalue weighted by Gasteiger charge is -2.20. The molecule has 1 unspecified atom stereocenters. The van der Waals surface area contributed by atoms with Crippen LogP contribution in [0.1, 0.15) is 174 Å². The van der Waals surface area contributed by atoms with E-state index in [4.69, 9.17) is 24.3 Å². The van der Waals surface area contributed by atoms with Crippen molar-refractivity contribution in [1.82, 2.24) is 0 Å². The number of hydrogen-bond acceptors (Lipinski definition) is 11. The summed E-state index contributed by atoms with van der Waals surface area (Å²) >= 11 is 0. The minimum Gasteiger partial charge on any atom is -0.462 e. The highest BCUT2D eigenvalue weighted by atomic mass is 31.2. The molecular formula is C47H84NO11P. The van der Waals surface area contributed by atoms with Crippen LogP contribution in [0.4, 0.5) is 0 Å². The van der Waals surface area contributed by atoms with E-state index in [0.29, 0.717) is 38.5 Å². The number of nitrogens with two attached hydrogens (primary N) is 1. The molecule has 0 bridgehead atoms. The summed E-state index contributed by atoms with van der Waals surface area (Å²) in [5.74, 6) is -1.43. The zero-order valence-corrected chi connectivity index (χ0v) is 38.2. The zero-order chi connectivity index (χ0) is 44.1. The fourth-order valence-corrected chi connectivity index (χ4v) is 7.95. The van der Waals surface area contributed by atoms with Crippen molar-refractivity contribution in [2.75, 3.05) is 26.4 Å². The molecule has 0 saturated heterocycles. The van der Waals surface area contributed by atoms with E-state index in [9.17, 15) is 34.4 Å². The lowest BCUT2D eigenvalue weighted by molar-refractivity contribution is -0.161. The summed E-state index contributed by atoms with van der Waals surface area (Å²) in [6.45, 7) is 3.33. The van der Waals surface area contributed by atoms with Crippen molar-refractivity contribution in [3.05, 3.63) is 48.6 Å². The van der Waals surface area contributed by atoms with Gasteiger partial charge in [-0.05, 0) is 70.1 Å². The first-order valence-corrected chi connectivity index (χ1v) is 24.9. The molecule has 0 spiro atoms. The number of aliphatic hydroxyl groups is 3. The van der Waals surface area contributed by atoms with Crippen molar-refractivity contribution < 1.29 is 52.9 Å². The van der Waals surface area contributed by atoms with Gasteiger partial charge >= 0.3 is 19.8 Å². The zero-order valence-electron chi connectivity index (χ0n) is 37.3. The number of phosphoric ester groups is 1. The van der Waals surface area contributed by atoms with Crippen LogP contribution in [0.3, 0.4) is 0 Å². The Kier molecular flexibility index (Phi) is 34.8. The lowest BCUT2D eigenvalue weighted by Crippen LogP contribution is -2.29. The van der Waals surface area contributed by atoms with Crippen molar-refractivity contribution in [2.45, 2.75) is 199 Å². The average molecular weight is 870 g/mol. The maximum Gasteiger partial charge on any atom is 0.472 e. The largest absolute Gasteiger partial charge is 0.472 e. The molecule has 1 fully saturated rings. The topological polar surface area (TPSA) is 195 Å². The number of esters is 2. The highest BCUT2D eigenvalue weighted by Gasteiger charge is 2.39. The molecule has 0 amide bonds. The molecule has 1 rings (SSSR count). The summed E-state index contributed by atoms with van der Waals surface area (Å²) in [5.41, 5.74) is 5.35. The number of unbranched alkanes of at least 4 members (excludes halogenated alkanes) is 15. The van der Waals surface area contributed by atoms with Crippen LogP contribution < -0.4 is 5.73 Å². The number of rotatable bonds is 39. The van der Waals surface area contributed by atoms with Crippen LogP contribution in [0.25, 0.3) is 0 Å². The minimum absolute atomic E-state index is 0.0164. The second-order valence-electron chi connectivity index (χ2n) is 16.2. The van der Waals surface area contributed by atoms with Gasteiger partial charge in [0.15, 0.2) is 6.10 Å². The van der Waals surface area contributed by atoms with Crippen LogP contribution in [-0.2, 0) is 32.7 Å². The quantitative estimate of drug-likeness (QED) is 0.0170. The molecular weight excluding hydrogens is 785 g/mol. The Bertz CT molecular complexity index is 1240. The predicted molar refractivity (Wildman–Crippen MR) is 240 cm³/mol. The first-order chi connectivity index (χ1) is 29.0. The van der Waals surface area contributed by atoms with Gasteiger partial charge in [-0.2, -0.15) is 0 Å². The Morgan fingerprint density at radius 1 is 0.717 bits per heavy atom. The summed E-state index contributed by atoms with van der Waals surface area (Å²) in [7, 11) is -4.44. The Balaban J connectivity index is 2.36. The van der Waals surface area contributed by atoms with Crippen molar-refractivity contribution in [2.24, 2.45) is 17.6 Å². The third-order valence-corrected chi connectivity index (χ3v) is 11.7. The fourth-order valence-electron chi connectivity index (χ4n) is 7.19. The number of ether oxygens (including phenoxy) is 2. The van der Waals surface area contributed by atoms with E-state index in [1.807, 2.05) is 18.2 Å². The third-order valence-electron chi connectivity index (χ3n) is 10.8. The second kappa shape index (κ2) is 37.4. The van der Waals surface area contributed by atoms with Crippen LogP contribution in [0.2, 0.25) is 0 Å². The summed E-state index contributed by atoms with van der Waals surface area (Å²) in [4.78, 5) is 35.1. The number of carbonyl (C=O) groups is 2. The van der Waals surface area contributed by atoms with Crippen LogP contribution in [0, 0.1) is 11.8 Å². The Hall–Kier alpha value is -2.15. The number of carbonyl (C=O) groups excluding carboxylic acids is 2. The maximum absolute atomic E-state index is 12.7. The van der Waals surface area contributed by atoms with E-state index in [0.717, 1.165) is 51.4 Å². The van der Waals surface area contributed by atoms with Crippen molar-refractivity contribution in [1.29, 1.82) is 0 Å². The van der Waals surface area contributed by atoms with Gasteiger partial charge in [0.2, 0.25) is 0 Å². The van der Waals surface area contributed by atoms with Crippen LogP contribution in [0.15, 0.2) is 48.6 Å². The summed E-state index contributed by atoms with van der Waals surface area (Å²) in [6.07, 6.45) is 36.6. The highest BCUT2D eigenvalue weighted by molar-refractivity contribution is 7.47. The molecule has 1 aliphatic carbocycles. The average Bonchev–Trinajstić information content (AvgIpc) is 3.49. The van der Waals surface area contributed by atoms with Gasteiger partial charge in [-0.1, -0.05) is 140 Å². The minimum atomic E-state index is -4.44. The van der Waals surface area contributed by atoms with Gasteiger partial charge in [0.1, 0.15) is 6.61 Å². The molecule has 0 aromatic heterocycles. The Morgan fingerprint density at radius 2 is 1.30 bits per heavy atom. The third kappa shape index (κ3) is 30.8. The van der Waals surface area contributed by atoms with E-state index >= 15 is 0 Å². The monoisotopic (exact) mass is 870 g/mol. The van der Waals surface area contributed by atoms with Gasteiger partial charge in [-0.25, -0.2) is 4.57 Å². The highest BCUT2D eigenvalue weighted by Crippen LogP contribution is 2.43. The lowest BCUT2D eigenvalue weighted by atomic mass is 9.89. The Labute approximate surface area is 363 Å². The molecule has 0 aromatic rings. The molecule has 0 aromatic carbocycles. The standard InChI is InChI=1S/C47H84NO11P/c1-3-5-7-8-9-10-11-12-13-14-15-16-17-18-19-20-21-22-28-32-47(53)59-41(39-58-60(54,55)57-36-35-48)38-56-46(52)31-27-24-23-26-30-42-43(45(51)37-44(42)50)34-33-40(49)29-25-6-4-2/h9-10,12-13,23,26,33-34,40-45,49-51H,3-8,11,14-22,24-25,27-32,35-39,48H2,1-2H3,(H,54,55)/b10-9-,13-12-,26-23+,34-33+/t40-,41+,42+,43+,44-,45+/m0/s1. The number of phosphoric acid groups is 1. The van der Waals surface area contributed by atoms with E-state index in [2.05, 4.69) is 38.2 Å². The first kappa shape index (κ1) is 55.9. The van der Waals surface area contributed by atoms with Gasteiger partial charge in [0.05, 0.1) is 31.5 Å². The first-order valence-electron chi connectivity index (χ1n) is 23.4. The molecule has 1 saturated carbocycles. The van der Waals surface area contributed by atoms with Gasteiger partial charge in [0.25, 0.3) is 0 Å². The molecule has 348 valence electrons. The predicted octanol–water partition coefficient (Wildman–Crippen LogP) is 9.88.